The molecule has 0 spiro atoms. The molecule has 0 aliphatic rings. The second-order valence-corrected chi connectivity index (χ2v) is 4.04. The summed E-state index contributed by atoms with van der Waals surface area (Å²) in [5.74, 6) is 0. The quantitative estimate of drug-likeness (QED) is 0.863. The monoisotopic (exact) mass is 247 g/mol. The number of aryl methyl sites for hydroxylation is 1. The van der Waals surface area contributed by atoms with Crippen LogP contribution in [0.1, 0.15) is 11.1 Å². The molecule has 0 saturated heterocycles. The predicted molar refractivity (Wildman–Crippen MR) is 59.6 cm³/mol. The SMILES string of the molecule is Cc1cccc(CN(CCO)CC(F)(F)F)c1. The van der Waals surface area contributed by atoms with Crippen LogP contribution in [0.3, 0.4) is 0 Å². The molecule has 0 amide bonds. The van der Waals surface area contributed by atoms with Gasteiger partial charge in [-0.05, 0) is 12.5 Å². The Labute approximate surface area is 98.7 Å². The van der Waals surface area contributed by atoms with E-state index in [0.717, 1.165) is 11.1 Å². The summed E-state index contributed by atoms with van der Waals surface area (Å²) < 4.78 is 36.9. The highest BCUT2D eigenvalue weighted by molar-refractivity contribution is 5.22. The maximum atomic E-state index is 12.3. The van der Waals surface area contributed by atoms with E-state index in [1.165, 1.54) is 4.90 Å². The minimum atomic E-state index is -4.24. The Balaban J connectivity index is 2.66. The van der Waals surface area contributed by atoms with Gasteiger partial charge in [0.15, 0.2) is 0 Å². The van der Waals surface area contributed by atoms with Crippen LogP contribution in [0.25, 0.3) is 0 Å². The second kappa shape index (κ2) is 6.02. The molecule has 0 aliphatic carbocycles. The van der Waals surface area contributed by atoms with Gasteiger partial charge in [0.1, 0.15) is 0 Å². The lowest BCUT2D eigenvalue weighted by molar-refractivity contribution is -0.147. The topological polar surface area (TPSA) is 23.5 Å². The number of aliphatic hydroxyl groups is 1. The van der Waals surface area contributed by atoms with Gasteiger partial charge in [-0.1, -0.05) is 29.8 Å². The molecule has 0 aromatic heterocycles. The zero-order valence-corrected chi connectivity index (χ0v) is 9.67. The van der Waals surface area contributed by atoms with E-state index in [-0.39, 0.29) is 19.7 Å². The third-order valence-electron chi connectivity index (χ3n) is 2.31. The normalized spacial score (nSPS) is 12.1. The second-order valence-electron chi connectivity index (χ2n) is 4.04. The Morgan fingerprint density at radius 1 is 1.29 bits per heavy atom. The van der Waals surface area contributed by atoms with Crippen LogP contribution in [0.2, 0.25) is 0 Å². The average molecular weight is 247 g/mol. The molecule has 0 fully saturated rings. The van der Waals surface area contributed by atoms with Crippen LogP contribution >= 0.6 is 0 Å². The van der Waals surface area contributed by atoms with Gasteiger partial charge in [0, 0.05) is 13.1 Å². The van der Waals surface area contributed by atoms with Crippen molar-refractivity contribution in [3.63, 3.8) is 0 Å². The number of halogens is 3. The van der Waals surface area contributed by atoms with Gasteiger partial charge in [-0.3, -0.25) is 4.90 Å². The highest BCUT2D eigenvalue weighted by Crippen LogP contribution is 2.18. The van der Waals surface area contributed by atoms with Gasteiger partial charge in [0.2, 0.25) is 0 Å². The summed E-state index contributed by atoms with van der Waals surface area (Å²) in [6.45, 7) is 0.836. The van der Waals surface area contributed by atoms with E-state index in [1.54, 1.807) is 6.07 Å². The molecule has 5 heteroatoms. The van der Waals surface area contributed by atoms with Crippen molar-refractivity contribution < 1.29 is 18.3 Å². The molecule has 0 unspecified atom stereocenters. The lowest BCUT2D eigenvalue weighted by Gasteiger charge is -2.22. The number of alkyl halides is 3. The summed E-state index contributed by atoms with van der Waals surface area (Å²) >= 11 is 0. The Morgan fingerprint density at radius 3 is 2.53 bits per heavy atom. The highest BCUT2D eigenvalue weighted by Gasteiger charge is 2.30. The Kier molecular flexibility index (Phi) is 4.96. The molecule has 17 heavy (non-hydrogen) atoms. The summed E-state index contributed by atoms with van der Waals surface area (Å²) in [5.41, 5.74) is 1.83. The largest absolute Gasteiger partial charge is 0.401 e. The fraction of sp³-hybridized carbons (Fsp3) is 0.500. The van der Waals surface area contributed by atoms with E-state index in [0.29, 0.717) is 0 Å². The number of hydrogen-bond acceptors (Lipinski definition) is 2. The van der Waals surface area contributed by atoms with Crippen molar-refractivity contribution in [2.75, 3.05) is 19.7 Å². The van der Waals surface area contributed by atoms with Crippen molar-refractivity contribution in [1.82, 2.24) is 4.90 Å². The molecule has 1 N–H and O–H groups in total. The van der Waals surface area contributed by atoms with Crippen molar-refractivity contribution in [2.45, 2.75) is 19.6 Å². The molecule has 96 valence electrons. The smallest absolute Gasteiger partial charge is 0.395 e. The molecular formula is C12H16F3NO. The minimum absolute atomic E-state index is 0.0213. The first-order chi connectivity index (χ1) is 7.90. The number of rotatable bonds is 5. The van der Waals surface area contributed by atoms with Crippen LogP contribution in [-0.2, 0) is 6.54 Å². The van der Waals surface area contributed by atoms with Crippen LogP contribution in [0, 0.1) is 6.92 Å². The van der Waals surface area contributed by atoms with Gasteiger partial charge in [0.05, 0.1) is 13.2 Å². The first-order valence-electron chi connectivity index (χ1n) is 5.36. The van der Waals surface area contributed by atoms with Crippen LogP contribution in [-0.4, -0.2) is 35.9 Å². The molecule has 0 radical (unpaired) electrons. The highest BCUT2D eigenvalue weighted by atomic mass is 19.4. The van der Waals surface area contributed by atoms with E-state index in [1.807, 2.05) is 25.1 Å². The van der Waals surface area contributed by atoms with Crippen molar-refractivity contribution in [2.24, 2.45) is 0 Å². The van der Waals surface area contributed by atoms with Gasteiger partial charge in [0.25, 0.3) is 0 Å². The fourth-order valence-electron chi connectivity index (χ4n) is 1.68. The van der Waals surface area contributed by atoms with Gasteiger partial charge < -0.3 is 5.11 Å². The van der Waals surface area contributed by atoms with Crippen LogP contribution in [0.15, 0.2) is 24.3 Å². The molecular weight excluding hydrogens is 231 g/mol. The summed E-state index contributed by atoms with van der Waals surface area (Å²) in [6.07, 6.45) is -4.24. The van der Waals surface area contributed by atoms with Crippen molar-refractivity contribution in [1.29, 1.82) is 0 Å². The van der Waals surface area contributed by atoms with Crippen LogP contribution in [0.5, 0.6) is 0 Å². The molecule has 0 saturated carbocycles. The molecule has 1 aromatic carbocycles. The number of hydrogen-bond donors (Lipinski definition) is 1. The Bertz CT molecular complexity index is 352. The molecule has 1 aromatic rings. The fourth-order valence-corrected chi connectivity index (χ4v) is 1.68. The van der Waals surface area contributed by atoms with E-state index < -0.39 is 12.7 Å². The van der Waals surface area contributed by atoms with E-state index in [4.69, 9.17) is 5.11 Å². The zero-order chi connectivity index (χ0) is 12.9. The predicted octanol–water partition coefficient (Wildman–Crippen LogP) is 2.35. The summed E-state index contributed by atoms with van der Waals surface area (Å²) in [5, 5.41) is 8.76. The molecule has 2 nitrogen and oxygen atoms in total. The van der Waals surface area contributed by atoms with Gasteiger partial charge >= 0.3 is 6.18 Å². The van der Waals surface area contributed by atoms with Crippen molar-refractivity contribution >= 4 is 0 Å². The van der Waals surface area contributed by atoms with Crippen molar-refractivity contribution in [3.8, 4) is 0 Å². The third kappa shape index (κ3) is 5.70. The molecule has 1 rings (SSSR count). The summed E-state index contributed by atoms with van der Waals surface area (Å²) in [7, 11) is 0. The number of benzene rings is 1. The van der Waals surface area contributed by atoms with Gasteiger partial charge in [-0.25, -0.2) is 0 Å². The number of nitrogens with zero attached hydrogens (tertiary/aromatic N) is 1. The Hall–Kier alpha value is -1.07. The minimum Gasteiger partial charge on any atom is -0.395 e. The molecule has 0 bridgehead atoms. The molecule has 0 aliphatic heterocycles. The summed E-state index contributed by atoms with van der Waals surface area (Å²) in [4.78, 5) is 1.19. The third-order valence-corrected chi connectivity index (χ3v) is 2.31. The van der Waals surface area contributed by atoms with Crippen LogP contribution in [0.4, 0.5) is 13.2 Å². The van der Waals surface area contributed by atoms with Gasteiger partial charge in [-0.2, -0.15) is 13.2 Å². The van der Waals surface area contributed by atoms with E-state index >= 15 is 0 Å². The maximum Gasteiger partial charge on any atom is 0.401 e. The average Bonchev–Trinajstić information content (AvgIpc) is 2.15. The van der Waals surface area contributed by atoms with E-state index in [2.05, 4.69) is 0 Å². The zero-order valence-electron chi connectivity index (χ0n) is 9.67. The Morgan fingerprint density at radius 2 is 2.00 bits per heavy atom. The maximum absolute atomic E-state index is 12.3. The first kappa shape index (κ1) is 14.0. The lowest BCUT2D eigenvalue weighted by Crippen LogP contribution is -2.35. The lowest BCUT2D eigenvalue weighted by atomic mass is 10.1. The molecule has 0 atom stereocenters. The first-order valence-corrected chi connectivity index (χ1v) is 5.36. The standard InChI is InChI=1S/C12H16F3NO/c1-10-3-2-4-11(7-10)8-16(5-6-17)9-12(13,14)15/h2-4,7,17H,5-6,8-9H2,1H3. The van der Waals surface area contributed by atoms with Crippen molar-refractivity contribution in [3.05, 3.63) is 35.4 Å². The number of aliphatic hydroxyl groups excluding tert-OH is 1. The molecule has 0 heterocycles. The van der Waals surface area contributed by atoms with Crippen LogP contribution < -0.4 is 0 Å². The van der Waals surface area contributed by atoms with Gasteiger partial charge in [-0.15, -0.1) is 0 Å². The van der Waals surface area contributed by atoms with E-state index in [9.17, 15) is 13.2 Å². The summed E-state index contributed by atoms with van der Waals surface area (Å²) in [6, 6.07) is 7.34.